The van der Waals surface area contributed by atoms with Crippen molar-refractivity contribution in [2.24, 2.45) is 35.5 Å². The molecule has 3 saturated heterocycles. The molecule has 25 nitrogen and oxygen atoms in total. The van der Waals surface area contributed by atoms with Crippen LogP contribution in [0.2, 0.25) is 0 Å². The molecule has 0 bridgehead atoms. The number of ether oxygens (including phenoxy) is 1. The molecule has 0 aromatic heterocycles. The van der Waals surface area contributed by atoms with Crippen LogP contribution < -0.4 is 16.0 Å². The molecule has 6 aliphatic rings. The highest BCUT2D eigenvalue weighted by Crippen LogP contribution is 2.44. The monoisotopic (exact) mass is 1470 g/mol. The smallest absolute Gasteiger partial charge is 0.379 e. The maximum Gasteiger partial charge on any atom is 0.393 e. The minimum absolute atomic E-state index is 0.0123. The molecule has 1 spiro atoms. The maximum atomic E-state index is 16.2. The number of rotatable bonds is 14. The van der Waals surface area contributed by atoms with E-state index in [-0.39, 0.29) is 95.3 Å². The first-order valence-corrected chi connectivity index (χ1v) is 38.0. The zero-order valence-electron chi connectivity index (χ0n) is 63.3. The summed E-state index contributed by atoms with van der Waals surface area (Å²) in [5.41, 5.74) is -1.56. The first-order valence-electron chi connectivity index (χ1n) is 37.6. The number of piperidine rings is 1. The van der Waals surface area contributed by atoms with Crippen molar-refractivity contribution in [2.75, 3.05) is 109 Å². The van der Waals surface area contributed by atoms with Gasteiger partial charge in [-0.3, -0.25) is 57.2 Å². The molecule has 3 aliphatic carbocycles. The molecule has 0 radical (unpaired) electrons. The minimum atomic E-state index is -4.52. The lowest BCUT2D eigenvalue weighted by Crippen LogP contribution is -2.69. The summed E-state index contributed by atoms with van der Waals surface area (Å²) in [4.78, 5) is 190. The average molecular weight is 1470 g/mol. The molecule has 3 saturated carbocycles. The number of carbonyl (C=O) groups excluding carboxylic acids is 12. The van der Waals surface area contributed by atoms with Gasteiger partial charge < -0.3 is 59.9 Å². The van der Waals surface area contributed by atoms with Crippen molar-refractivity contribution in [3.8, 4) is 0 Å². The summed E-state index contributed by atoms with van der Waals surface area (Å²) in [6, 6.07) is -8.79. The second kappa shape index (κ2) is 37.7. The largest absolute Gasteiger partial charge is 0.393 e. The second-order valence-electron chi connectivity index (χ2n) is 31.7. The lowest BCUT2D eigenvalue weighted by molar-refractivity contribution is -0.832. The van der Waals surface area contributed by atoms with Gasteiger partial charge in [-0.25, -0.2) is 4.79 Å². The van der Waals surface area contributed by atoms with Gasteiger partial charge in [0.15, 0.2) is 6.04 Å². The van der Waals surface area contributed by atoms with Crippen molar-refractivity contribution in [3.05, 3.63) is 0 Å². The first kappa shape index (κ1) is 84.8. The van der Waals surface area contributed by atoms with Gasteiger partial charge in [-0.05, 0) is 132 Å². The van der Waals surface area contributed by atoms with Gasteiger partial charge in [-0.15, -0.1) is 11.6 Å². The Bertz CT molecular complexity index is 2940. The third kappa shape index (κ3) is 21.8. The van der Waals surface area contributed by atoms with Gasteiger partial charge in [-0.1, -0.05) is 80.1 Å². The van der Waals surface area contributed by atoms with Crippen LogP contribution in [-0.4, -0.2) is 283 Å². The third-order valence-electron chi connectivity index (χ3n) is 22.8. The third-order valence-corrected chi connectivity index (χ3v) is 23.3. The second-order valence-corrected chi connectivity index (χ2v) is 32.3. The fourth-order valence-corrected chi connectivity index (χ4v) is 16.4. The molecule has 12 amide bonds. The SMILES string of the molecule is CC[C@H](C)[C@@H]1NC(=O)[C@H](CC(C)C)N(C)C(=O)C[C@@H](C(=O)N2CCCCC2)[N+](C)(C)C(=O)[C@H](C2CCCCC2)N(C)C(=O)C2(CCCC2)NC(=O)[C@@H]2CCCN2C(=O)[C@H](CCC2CCC(C(F)(F)F)C(Cl)C2)NC(=O)CN(C)C(=O)[C@H](COCCC(C)C)N(C)C(=O)CN(C)C(=O)CN(C)C1=O. The van der Waals surface area contributed by atoms with E-state index in [1.54, 1.807) is 33.0 Å². The Kier molecular flexibility index (Phi) is 31.3. The lowest BCUT2D eigenvalue weighted by atomic mass is 9.78. The number of alkyl halides is 4. The van der Waals surface area contributed by atoms with Crippen molar-refractivity contribution in [3.63, 3.8) is 0 Å². The summed E-state index contributed by atoms with van der Waals surface area (Å²) in [5.74, 6) is -10.6. The van der Waals surface area contributed by atoms with E-state index in [2.05, 4.69) is 16.0 Å². The quantitative estimate of drug-likeness (QED) is 0.107. The van der Waals surface area contributed by atoms with Crippen molar-refractivity contribution in [1.29, 1.82) is 0 Å². The molecule has 0 aromatic carbocycles. The first-order chi connectivity index (χ1) is 47.9. The number of hydrogen-bond acceptors (Lipinski definition) is 13. The summed E-state index contributed by atoms with van der Waals surface area (Å²) in [7, 11) is 11.6. The van der Waals surface area contributed by atoms with Crippen LogP contribution in [0.1, 0.15) is 189 Å². The van der Waals surface area contributed by atoms with E-state index in [4.69, 9.17) is 16.3 Å². The highest BCUT2D eigenvalue weighted by atomic mass is 35.5. The molecule has 0 aromatic rings. The van der Waals surface area contributed by atoms with Crippen molar-refractivity contribution in [1.82, 2.24) is 55.1 Å². The number of nitrogens with zero attached hydrogens (tertiary/aromatic N) is 9. The highest BCUT2D eigenvalue weighted by molar-refractivity contribution is 6.20. The fraction of sp³-hybridized carbons (Fsp3) is 0.836. The summed E-state index contributed by atoms with van der Waals surface area (Å²) >= 11 is 6.40. The number of hydrogen-bond donors (Lipinski definition) is 3. The van der Waals surface area contributed by atoms with Crippen LogP contribution in [0.5, 0.6) is 0 Å². The van der Waals surface area contributed by atoms with Crippen LogP contribution in [0.25, 0.3) is 0 Å². The molecule has 6 rings (SSSR count). The molecular weight excluding hydrogens is 1350 g/mol. The van der Waals surface area contributed by atoms with Crippen LogP contribution in [0.3, 0.4) is 0 Å². The minimum Gasteiger partial charge on any atom is -0.379 e. The number of carbonyl (C=O) groups is 12. The number of likely N-dealkylation sites (tertiary alicyclic amines) is 1. The Morgan fingerprint density at radius 3 is 1.85 bits per heavy atom. The number of amides is 12. The van der Waals surface area contributed by atoms with Crippen LogP contribution >= 0.6 is 11.6 Å². The summed E-state index contributed by atoms with van der Waals surface area (Å²) in [6.07, 6.45) is 3.76. The Labute approximate surface area is 608 Å². The van der Waals surface area contributed by atoms with Gasteiger partial charge in [0.2, 0.25) is 59.1 Å². The Hall–Kier alpha value is -6.16. The van der Waals surface area contributed by atoms with E-state index in [1.807, 2.05) is 34.6 Å². The van der Waals surface area contributed by atoms with E-state index >= 15 is 28.8 Å². The molecule has 3 N–H and O–H groups in total. The van der Waals surface area contributed by atoms with E-state index in [1.165, 1.54) is 49.9 Å². The predicted molar refractivity (Wildman–Crippen MR) is 378 cm³/mol. The average Bonchev–Trinajstić information content (AvgIpc) is 1.19. The van der Waals surface area contributed by atoms with Gasteiger partial charge in [-0.2, -0.15) is 13.2 Å². The number of nitrogens with one attached hydrogen (secondary N) is 3. The van der Waals surface area contributed by atoms with E-state index in [0.717, 1.165) is 45.3 Å². The van der Waals surface area contributed by atoms with E-state index < -0.39 is 179 Å². The molecule has 3 aliphatic heterocycles. The predicted octanol–water partition coefficient (Wildman–Crippen LogP) is 5.72. The molecule has 3 unspecified atom stereocenters. The van der Waals surface area contributed by atoms with E-state index in [9.17, 15) is 41.9 Å². The molecular formula is C73H121ClF3N12O13+. The summed E-state index contributed by atoms with van der Waals surface area (Å²) in [6.45, 7) is 10.2. The zero-order chi connectivity index (χ0) is 75.9. The van der Waals surface area contributed by atoms with E-state index in [0.29, 0.717) is 70.9 Å². The zero-order valence-corrected chi connectivity index (χ0v) is 64.1. The molecule has 102 heavy (non-hydrogen) atoms. The molecule has 29 heteroatoms. The number of quaternary nitrogens is 1. The van der Waals surface area contributed by atoms with Crippen molar-refractivity contribution < 1.29 is 79.9 Å². The van der Waals surface area contributed by atoms with Gasteiger partial charge in [0.1, 0.15) is 41.8 Å². The number of halogens is 4. The lowest BCUT2D eigenvalue weighted by Gasteiger charge is -2.45. The Balaban J connectivity index is 1.44. The van der Waals surface area contributed by atoms with Gasteiger partial charge in [0.05, 0.1) is 52.7 Å². The maximum absolute atomic E-state index is 16.2. The fourth-order valence-electron chi connectivity index (χ4n) is 15.9. The van der Waals surface area contributed by atoms with Crippen molar-refractivity contribution >= 4 is 82.5 Å². The van der Waals surface area contributed by atoms with Crippen LogP contribution in [-0.2, 0) is 62.3 Å². The molecule has 11 atom stereocenters. The molecule has 3 heterocycles. The van der Waals surface area contributed by atoms with Gasteiger partial charge >= 0.3 is 12.1 Å². The van der Waals surface area contributed by atoms with Crippen LogP contribution in [0.4, 0.5) is 13.2 Å². The van der Waals surface area contributed by atoms with Crippen molar-refractivity contribution in [2.45, 2.75) is 249 Å². The molecule has 6 fully saturated rings. The topological polar surface area (TPSA) is 276 Å². The van der Waals surface area contributed by atoms with Gasteiger partial charge in [0.25, 0.3) is 5.91 Å². The Morgan fingerprint density at radius 1 is 0.647 bits per heavy atom. The standard InChI is InChI=1S/C73H120ClF3N12O13/c1-15-48(6)62-69(99)83(9)43-60(92)81(7)44-61(93)85(11)56(45-102-38-32-46(2)3)67(97)82(8)42-58(90)78-53(31-29-49-28-30-51(52(74)40-49)73(75,76)77)66(96)88-37-24-27-54(88)65(95)80-72(33-20-21-34-72)71(101)86(12)63(50-25-18-16-19-26-50)70(100)89(13,14)57(68(98)87-35-22-17-23-36-87)41-59(91)84(10)55(39-47(4)5)64(94)79-62/h46-57,62-63H,15-45H2,1-14H3,(H2-,78,79,80,90,94,95)/p+1/t48-,49?,51?,52?,53-,54-,55-,56-,57-,62-,63-/m0/s1. The Morgan fingerprint density at radius 2 is 1.25 bits per heavy atom. The van der Waals surface area contributed by atoms with Gasteiger partial charge in [0, 0.05) is 73.9 Å². The van der Waals surface area contributed by atoms with Crippen LogP contribution in [0.15, 0.2) is 0 Å². The highest BCUT2D eigenvalue weighted by Gasteiger charge is 2.56. The van der Waals surface area contributed by atoms with Crippen LogP contribution in [0, 0.1) is 35.5 Å². The summed E-state index contributed by atoms with van der Waals surface area (Å²) < 4.78 is 47.4. The molecule has 578 valence electrons. The summed E-state index contributed by atoms with van der Waals surface area (Å²) in [5, 5.41) is 7.59. The number of likely N-dealkylation sites (N-methyl/N-ethyl adjacent to an activating group) is 7. The normalized spacial score (nSPS) is 29.2. The number of fused-ring (bicyclic) bond motifs is 1.